The van der Waals surface area contributed by atoms with Crippen LogP contribution in [0.15, 0.2) is 24.3 Å². The van der Waals surface area contributed by atoms with E-state index in [0.717, 1.165) is 12.8 Å². The number of carbonyl (C=O) groups excluding carboxylic acids is 1. The van der Waals surface area contributed by atoms with Gasteiger partial charge in [0, 0.05) is 25.2 Å². The molecule has 5 nitrogen and oxygen atoms in total. The minimum absolute atomic E-state index is 0. The number of carbonyl (C=O) groups is 1. The van der Waals surface area contributed by atoms with Gasteiger partial charge in [0.05, 0.1) is 13.2 Å². The van der Waals surface area contributed by atoms with Crippen LogP contribution in [-0.2, 0) is 9.53 Å². The molecule has 0 radical (unpaired) electrons. The molecule has 3 N–H and O–H groups in total. The molecule has 1 aliphatic rings. The average Bonchev–Trinajstić information content (AvgIpc) is 2.55. The molecule has 1 fully saturated rings. The highest BCUT2D eigenvalue weighted by molar-refractivity contribution is 5.85. The van der Waals surface area contributed by atoms with Gasteiger partial charge in [-0.25, -0.2) is 4.39 Å². The van der Waals surface area contributed by atoms with Crippen molar-refractivity contribution >= 4 is 30.7 Å². The van der Waals surface area contributed by atoms with Crippen LogP contribution in [0.25, 0.3) is 0 Å². The Balaban J connectivity index is 0.00000264. The van der Waals surface area contributed by atoms with Gasteiger partial charge in [-0.3, -0.25) is 9.69 Å². The molecule has 0 spiro atoms. The van der Waals surface area contributed by atoms with E-state index >= 15 is 0 Å². The summed E-state index contributed by atoms with van der Waals surface area (Å²) < 4.78 is 19.5. The van der Waals surface area contributed by atoms with Gasteiger partial charge in [-0.15, -0.1) is 24.8 Å². The zero-order chi connectivity index (χ0) is 15.8. The highest BCUT2D eigenvalue weighted by atomic mass is 35.5. The van der Waals surface area contributed by atoms with Crippen molar-refractivity contribution in [2.75, 3.05) is 39.4 Å². The van der Waals surface area contributed by atoms with Crippen molar-refractivity contribution in [2.24, 2.45) is 5.73 Å². The Morgan fingerprint density at radius 3 is 2.54 bits per heavy atom. The van der Waals surface area contributed by atoms with E-state index in [1.165, 1.54) is 6.07 Å². The van der Waals surface area contributed by atoms with Crippen LogP contribution in [-0.4, -0.2) is 50.2 Å². The molecule has 0 bridgehead atoms. The first-order valence-corrected chi connectivity index (χ1v) is 7.78. The molecule has 1 heterocycles. The summed E-state index contributed by atoms with van der Waals surface area (Å²) in [5.41, 5.74) is 5.87. The monoisotopic (exact) mass is 381 g/mol. The number of amides is 1. The SMILES string of the molecule is Cl.Cl.NCCCCNC(=O)C(c1ccccc1F)N1CCOCC1. The summed E-state index contributed by atoms with van der Waals surface area (Å²) in [7, 11) is 0. The van der Waals surface area contributed by atoms with Gasteiger partial charge in [0.25, 0.3) is 0 Å². The number of halogens is 3. The fourth-order valence-corrected chi connectivity index (χ4v) is 2.61. The fourth-order valence-electron chi connectivity index (χ4n) is 2.61. The van der Waals surface area contributed by atoms with Crippen LogP contribution in [0.1, 0.15) is 24.4 Å². The fraction of sp³-hybridized carbons (Fsp3) is 0.562. The lowest BCUT2D eigenvalue weighted by Crippen LogP contribution is -2.46. The maximum Gasteiger partial charge on any atom is 0.242 e. The number of nitrogens with two attached hydrogens (primary N) is 1. The smallest absolute Gasteiger partial charge is 0.242 e. The van der Waals surface area contributed by atoms with E-state index in [1.807, 2.05) is 4.90 Å². The Labute approximate surface area is 154 Å². The van der Waals surface area contributed by atoms with Crippen LogP contribution in [0.5, 0.6) is 0 Å². The van der Waals surface area contributed by atoms with E-state index < -0.39 is 6.04 Å². The minimum Gasteiger partial charge on any atom is -0.379 e. The molecule has 1 atom stereocenters. The molecule has 1 amide bonds. The second-order valence-corrected chi connectivity index (χ2v) is 5.36. The van der Waals surface area contributed by atoms with Gasteiger partial charge < -0.3 is 15.8 Å². The summed E-state index contributed by atoms with van der Waals surface area (Å²) in [6, 6.07) is 5.85. The van der Waals surface area contributed by atoms with Crippen molar-refractivity contribution in [1.82, 2.24) is 10.2 Å². The van der Waals surface area contributed by atoms with E-state index in [1.54, 1.807) is 18.2 Å². The number of nitrogens with zero attached hydrogens (tertiary/aromatic N) is 1. The van der Waals surface area contributed by atoms with Crippen molar-refractivity contribution in [3.8, 4) is 0 Å². The van der Waals surface area contributed by atoms with E-state index in [-0.39, 0.29) is 36.5 Å². The molecule has 1 unspecified atom stereocenters. The van der Waals surface area contributed by atoms with Crippen LogP contribution in [0.4, 0.5) is 4.39 Å². The third-order valence-electron chi connectivity index (χ3n) is 3.79. The first-order chi connectivity index (χ1) is 10.7. The number of hydrogen-bond donors (Lipinski definition) is 2. The molecule has 24 heavy (non-hydrogen) atoms. The molecular formula is C16H26Cl2FN3O2. The number of hydrogen-bond acceptors (Lipinski definition) is 4. The largest absolute Gasteiger partial charge is 0.379 e. The van der Waals surface area contributed by atoms with Gasteiger partial charge in [-0.1, -0.05) is 18.2 Å². The standard InChI is InChI=1S/C16H24FN3O2.2ClH/c17-14-6-2-1-5-13(14)15(20-9-11-22-12-10-20)16(21)19-8-4-3-7-18;;/h1-2,5-6,15H,3-4,7-12,18H2,(H,19,21);2*1H. The Bertz CT molecular complexity index is 488. The summed E-state index contributed by atoms with van der Waals surface area (Å²) in [5.74, 6) is -0.514. The van der Waals surface area contributed by atoms with E-state index in [9.17, 15) is 9.18 Å². The maximum absolute atomic E-state index is 14.1. The lowest BCUT2D eigenvalue weighted by Gasteiger charge is -2.34. The van der Waals surface area contributed by atoms with E-state index in [4.69, 9.17) is 10.5 Å². The van der Waals surface area contributed by atoms with E-state index in [2.05, 4.69) is 5.32 Å². The molecule has 8 heteroatoms. The quantitative estimate of drug-likeness (QED) is 0.707. The number of ether oxygens (including phenoxy) is 1. The molecule has 0 aromatic heterocycles. The summed E-state index contributed by atoms with van der Waals surface area (Å²) in [6.07, 6.45) is 1.69. The number of rotatable bonds is 7. The molecule has 0 saturated carbocycles. The third-order valence-corrected chi connectivity index (χ3v) is 3.79. The minimum atomic E-state index is -0.608. The molecule has 1 saturated heterocycles. The van der Waals surface area contributed by atoms with E-state index in [0.29, 0.717) is 45.0 Å². The van der Waals surface area contributed by atoms with Crippen molar-refractivity contribution < 1.29 is 13.9 Å². The summed E-state index contributed by atoms with van der Waals surface area (Å²) >= 11 is 0. The molecule has 1 aromatic carbocycles. The number of morpholine rings is 1. The van der Waals surface area contributed by atoms with Crippen molar-refractivity contribution in [1.29, 1.82) is 0 Å². The van der Waals surface area contributed by atoms with Crippen molar-refractivity contribution in [3.63, 3.8) is 0 Å². The second-order valence-electron chi connectivity index (χ2n) is 5.36. The van der Waals surface area contributed by atoms with Crippen LogP contribution in [0, 0.1) is 5.82 Å². The van der Waals surface area contributed by atoms with Gasteiger partial charge in [0.2, 0.25) is 5.91 Å². The van der Waals surface area contributed by atoms with Gasteiger partial charge in [0.15, 0.2) is 0 Å². The highest BCUT2D eigenvalue weighted by Crippen LogP contribution is 2.24. The normalized spacial score (nSPS) is 15.8. The van der Waals surface area contributed by atoms with Crippen LogP contribution < -0.4 is 11.1 Å². The Morgan fingerprint density at radius 2 is 1.92 bits per heavy atom. The molecule has 1 aromatic rings. The second kappa shape index (κ2) is 12.4. The Kier molecular flexibility index (Phi) is 12.0. The zero-order valence-electron chi connectivity index (χ0n) is 13.6. The van der Waals surface area contributed by atoms with Gasteiger partial charge in [0.1, 0.15) is 11.9 Å². The molecule has 1 aliphatic heterocycles. The zero-order valence-corrected chi connectivity index (χ0v) is 15.2. The van der Waals surface area contributed by atoms with Crippen molar-refractivity contribution in [2.45, 2.75) is 18.9 Å². The van der Waals surface area contributed by atoms with Gasteiger partial charge >= 0.3 is 0 Å². The summed E-state index contributed by atoms with van der Waals surface area (Å²) in [5, 5.41) is 2.90. The first kappa shape index (κ1) is 23.1. The molecular weight excluding hydrogens is 356 g/mol. The first-order valence-electron chi connectivity index (χ1n) is 7.78. The van der Waals surface area contributed by atoms with Crippen LogP contribution in [0.2, 0.25) is 0 Å². The van der Waals surface area contributed by atoms with Gasteiger partial charge in [-0.05, 0) is 25.5 Å². The summed E-state index contributed by atoms with van der Waals surface area (Å²) in [6.45, 7) is 3.53. The topological polar surface area (TPSA) is 67.6 Å². The van der Waals surface area contributed by atoms with Crippen LogP contribution >= 0.6 is 24.8 Å². The van der Waals surface area contributed by atoms with Gasteiger partial charge in [-0.2, -0.15) is 0 Å². The average molecular weight is 382 g/mol. The highest BCUT2D eigenvalue weighted by Gasteiger charge is 2.30. The van der Waals surface area contributed by atoms with Crippen LogP contribution in [0.3, 0.4) is 0 Å². The molecule has 0 aliphatic carbocycles. The Morgan fingerprint density at radius 1 is 1.25 bits per heavy atom. The third kappa shape index (κ3) is 6.53. The lowest BCUT2D eigenvalue weighted by atomic mass is 10.0. The number of nitrogens with one attached hydrogen (secondary N) is 1. The lowest BCUT2D eigenvalue weighted by molar-refractivity contribution is -0.128. The predicted octanol–water partition coefficient (Wildman–Crippen LogP) is 1.90. The molecule has 2 rings (SSSR count). The Hall–Kier alpha value is -0.920. The maximum atomic E-state index is 14.1. The van der Waals surface area contributed by atoms with Crippen molar-refractivity contribution in [3.05, 3.63) is 35.6 Å². The summed E-state index contributed by atoms with van der Waals surface area (Å²) in [4.78, 5) is 14.5. The predicted molar refractivity (Wildman–Crippen MR) is 97.3 cm³/mol. The molecule has 138 valence electrons. The number of unbranched alkanes of at least 4 members (excludes halogenated alkanes) is 1. The number of benzene rings is 1.